The van der Waals surface area contributed by atoms with Crippen molar-refractivity contribution < 1.29 is 18.7 Å². The second kappa shape index (κ2) is 10.5. The number of piperidine rings is 1. The monoisotopic (exact) mass is 551 g/mol. The third kappa shape index (κ3) is 5.91. The van der Waals surface area contributed by atoms with Gasteiger partial charge in [-0.2, -0.15) is 0 Å². The molecule has 9 nitrogen and oxygen atoms in total. The molecule has 0 unspecified atom stereocenters. The van der Waals surface area contributed by atoms with Crippen molar-refractivity contribution in [3.8, 4) is 0 Å². The number of nitrogens with one attached hydrogen (secondary N) is 2. The van der Waals surface area contributed by atoms with E-state index < -0.39 is 14.4 Å². The number of hydrogen-bond donors (Lipinski definition) is 3. The first-order valence-corrected chi connectivity index (χ1v) is 16.8. The van der Waals surface area contributed by atoms with Crippen LogP contribution in [0.3, 0.4) is 0 Å². The molecule has 5 rings (SSSR count). The van der Waals surface area contributed by atoms with Gasteiger partial charge in [0.2, 0.25) is 0 Å². The summed E-state index contributed by atoms with van der Waals surface area (Å²) in [5.74, 6) is 0.696. The minimum absolute atomic E-state index is 0.0345. The van der Waals surface area contributed by atoms with E-state index in [0.717, 1.165) is 34.7 Å². The average molecular weight is 552 g/mol. The van der Waals surface area contributed by atoms with Gasteiger partial charge in [-0.3, -0.25) is 4.98 Å². The van der Waals surface area contributed by atoms with Crippen LogP contribution in [0.15, 0.2) is 41.3 Å². The maximum absolute atomic E-state index is 11.8. The lowest BCUT2D eigenvalue weighted by Crippen LogP contribution is -2.62. The number of amides is 1. The number of pyridine rings is 2. The van der Waals surface area contributed by atoms with Crippen LogP contribution in [0.25, 0.3) is 11.1 Å². The number of aromatic nitrogens is 2. The van der Waals surface area contributed by atoms with E-state index in [1.54, 1.807) is 6.20 Å². The zero-order valence-corrected chi connectivity index (χ0v) is 24.8. The molecule has 0 bridgehead atoms. The van der Waals surface area contributed by atoms with E-state index in [1.165, 1.54) is 18.4 Å². The first-order valence-electron chi connectivity index (χ1n) is 13.9. The number of carbonyl (C=O) groups is 1. The van der Waals surface area contributed by atoms with E-state index in [0.29, 0.717) is 19.0 Å². The number of anilines is 2. The largest absolute Gasteiger partial charge is 0.465 e. The zero-order valence-electron chi connectivity index (χ0n) is 23.8. The highest BCUT2D eigenvalue weighted by Crippen LogP contribution is 2.43. The lowest BCUT2D eigenvalue weighted by molar-refractivity contribution is 0.0722. The van der Waals surface area contributed by atoms with Gasteiger partial charge in [-0.1, -0.05) is 27.7 Å². The molecule has 1 saturated heterocycles. The van der Waals surface area contributed by atoms with Gasteiger partial charge in [-0.05, 0) is 55.1 Å². The van der Waals surface area contributed by atoms with Crippen molar-refractivity contribution >= 4 is 36.9 Å². The minimum atomic E-state index is -2.10. The Balaban J connectivity index is 1.34. The van der Waals surface area contributed by atoms with Crippen molar-refractivity contribution in [1.29, 1.82) is 0 Å². The van der Waals surface area contributed by atoms with Gasteiger partial charge < -0.3 is 29.5 Å². The zero-order chi connectivity index (χ0) is 27.9. The molecule has 0 aromatic carbocycles. The Kier molecular flexibility index (Phi) is 7.36. The summed E-state index contributed by atoms with van der Waals surface area (Å²) in [6.45, 7) is 15.0. The third-order valence-corrected chi connectivity index (χ3v) is 13.0. The second-order valence-electron chi connectivity index (χ2n) is 12.6. The standard InChI is InChI=1S/C29H41N5O4Si/c1-18-15-34(16-23(33-28(35)36)27(18)38-39(5,6)29(2,3)4)24-11-12-30-14-22(24)31-13-20-9-10-25-26(32-20)21(17-37-25)19-7-8-19/h9-12,14,17-19,23,27,31,33H,7-8,13,15-16H2,1-6H3,(H,35,36)/t18-,23+,27+/m0/s1. The highest BCUT2D eigenvalue weighted by molar-refractivity contribution is 6.74. The maximum Gasteiger partial charge on any atom is 0.405 e. The van der Waals surface area contributed by atoms with Crippen molar-refractivity contribution in [2.75, 3.05) is 23.3 Å². The average Bonchev–Trinajstić information content (AvgIpc) is 3.62. The molecule has 1 saturated carbocycles. The van der Waals surface area contributed by atoms with Crippen LogP contribution in [0.4, 0.5) is 16.2 Å². The van der Waals surface area contributed by atoms with Crippen molar-refractivity contribution in [2.45, 2.75) is 83.3 Å². The van der Waals surface area contributed by atoms with Crippen molar-refractivity contribution in [3.63, 3.8) is 0 Å². The van der Waals surface area contributed by atoms with Gasteiger partial charge in [0.05, 0.1) is 48.2 Å². The predicted molar refractivity (Wildman–Crippen MR) is 156 cm³/mol. The molecule has 1 aliphatic heterocycles. The lowest BCUT2D eigenvalue weighted by Gasteiger charge is -2.48. The van der Waals surface area contributed by atoms with Crippen LogP contribution in [0, 0.1) is 5.92 Å². The van der Waals surface area contributed by atoms with E-state index in [9.17, 15) is 9.90 Å². The Labute approximate surface area is 231 Å². The SMILES string of the molecule is C[C@H]1CN(c2ccncc2NCc2ccc3occ(C4CC4)c3n2)C[C@@H](NC(=O)O)[C@@H]1O[Si](C)(C)C(C)(C)C. The van der Waals surface area contributed by atoms with Gasteiger partial charge in [0, 0.05) is 30.8 Å². The highest BCUT2D eigenvalue weighted by atomic mass is 28.4. The predicted octanol–water partition coefficient (Wildman–Crippen LogP) is 6.20. The number of nitrogens with zero attached hydrogens (tertiary/aromatic N) is 3. The highest BCUT2D eigenvalue weighted by Gasteiger charge is 2.45. The Morgan fingerprint density at radius 1 is 1.23 bits per heavy atom. The van der Waals surface area contributed by atoms with Crippen LogP contribution in [0.1, 0.15) is 57.7 Å². The first kappa shape index (κ1) is 27.5. The molecule has 10 heteroatoms. The van der Waals surface area contributed by atoms with Gasteiger partial charge in [0.25, 0.3) is 0 Å². The normalized spacial score (nSPS) is 22.2. The Hall–Kier alpha value is -3.11. The van der Waals surface area contributed by atoms with Crippen LogP contribution in [0.2, 0.25) is 18.1 Å². The molecule has 3 aromatic rings. The molecule has 2 aliphatic rings. The van der Waals surface area contributed by atoms with E-state index in [2.05, 4.69) is 61.3 Å². The fourth-order valence-corrected chi connectivity index (χ4v) is 6.63. The first-order chi connectivity index (χ1) is 18.4. The number of carboxylic acid groups (broad SMARTS) is 1. The van der Waals surface area contributed by atoms with E-state index >= 15 is 0 Å². The van der Waals surface area contributed by atoms with Crippen LogP contribution in [-0.4, -0.2) is 54.7 Å². The van der Waals surface area contributed by atoms with Crippen molar-refractivity contribution in [1.82, 2.24) is 15.3 Å². The van der Waals surface area contributed by atoms with Crippen LogP contribution in [-0.2, 0) is 11.0 Å². The summed E-state index contributed by atoms with van der Waals surface area (Å²) < 4.78 is 12.5. The molecule has 3 aromatic heterocycles. The van der Waals surface area contributed by atoms with E-state index in [4.69, 9.17) is 13.8 Å². The van der Waals surface area contributed by atoms with E-state index in [-0.39, 0.29) is 23.1 Å². The molecule has 4 heterocycles. The van der Waals surface area contributed by atoms with Gasteiger partial charge in [-0.25, -0.2) is 9.78 Å². The fraction of sp³-hybridized carbons (Fsp3) is 0.552. The second-order valence-corrected chi connectivity index (χ2v) is 17.4. The van der Waals surface area contributed by atoms with Crippen molar-refractivity contribution in [3.05, 3.63) is 48.1 Å². The number of furan rings is 1. The van der Waals surface area contributed by atoms with Crippen molar-refractivity contribution in [2.24, 2.45) is 5.92 Å². The summed E-state index contributed by atoms with van der Waals surface area (Å²) in [7, 11) is -2.10. The van der Waals surface area contributed by atoms with Gasteiger partial charge in [0.15, 0.2) is 13.9 Å². The van der Waals surface area contributed by atoms with E-state index in [1.807, 2.05) is 30.7 Å². The molecule has 0 radical (unpaired) electrons. The smallest absolute Gasteiger partial charge is 0.405 e. The van der Waals surface area contributed by atoms with Gasteiger partial charge >= 0.3 is 6.09 Å². The molecule has 1 aliphatic carbocycles. The molecular formula is C29H41N5O4Si. The Morgan fingerprint density at radius 2 is 2.00 bits per heavy atom. The van der Waals surface area contributed by atoms with Crippen LogP contribution in [0.5, 0.6) is 0 Å². The molecular weight excluding hydrogens is 510 g/mol. The quantitative estimate of drug-likeness (QED) is 0.284. The number of hydrogen-bond acceptors (Lipinski definition) is 7. The fourth-order valence-electron chi connectivity index (χ4n) is 5.20. The third-order valence-electron chi connectivity index (χ3n) is 8.55. The number of fused-ring (bicyclic) bond motifs is 1. The molecule has 3 N–H and O–H groups in total. The summed E-state index contributed by atoms with van der Waals surface area (Å²) in [5, 5.41) is 16.0. The molecule has 3 atom stereocenters. The number of rotatable bonds is 8. The minimum Gasteiger partial charge on any atom is -0.465 e. The van der Waals surface area contributed by atoms with Crippen LogP contribution >= 0.6 is 0 Å². The molecule has 2 fully saturated rings. The summed E-state index contributed by atoms with van der Waals surface area (Å²) in [5.41, 5.74) is 5.81. The Morgan fingerprint density at radius 3 is 2.69 bits per heavy atom. The van der Waals surface area contributed by atoms with Gasteiger partial charge in [0.1, 0.15) is 5.52 Å². The molecule has 1 amide bonds. The van der Waals surface area contributed by atoms with Gasteiger partial charge in [-0.15, -0.1) is 0 Å². The Bertz CT molecular complexity index is 1330. The molecule has 210 valence electrons. The lowest BCUT2D eigenvalue weighted by atomic mass is 9.92. The molecule has 0 spiro atoms. The topological polar surface area (TPSA) is 113 Å². The summed E-state index contributed by atoms with van der Waals surface area (Å²) >= 11 is 0. The maximum atomic E-state index is 11.8. The summed E-state index contributed by atoms with van der Waals surface area (Å²) in [6.07, 6.45) is 6.63. The summed E-state index contributed by atoms with van der Waals surface area (Å²) in [4.78, 5) is 23.3. The summed E-state index contributed by atoms with van der Waals surface area (Å²) in [6, 6.07) is 5.61. The van der Waals surface area contributed by atoms with Crippen LogP contribution < -0.4 is 15.5 Å². The molecule has 39 heavy (non-hydrogen) atoms.